The molecule has 7 heteroatoms. The Morgan fingerprint density at radius 1 is 0.759 bits per heavy atom. The summed E-state index contributed by atoms with van der Waals surface area (Å²) in [6.45, 7) is 0. The van der Waals surface area contributed by atoms with Gasteiger partial charge in [0, 0.05) is 52.2 Å². The van der Waals surface area contributed by atoms with Gasteiger partial charge < -0.3 is 4.98 Å². The van der Waals surface area contributed by atoms with Crippen LogP contribution >= 0.6 is 0 Å². The van der Waals surface area contributed by atoms with E-state index in [0.717, 1.165) is 55.6 Å². The van der Waals surface area contributed by atoms with Gasteiger partial charge in [0.05, 0.1) is 23.1 Å². The van der Waals surface area contributed by atoms with E-state index in [9.17, 15) is 0 Å². The number of nitrogens with zero attached hydrogens (tertiary/aromatic N) is 4. The van der Waals surface area contributed by atoms with Crippen molar-refractivity contribution in [3.05, 3.63) is 73.4 Å². The average Bonchev–Trinajstić information content (AvgIpc) is 3.52. The van der Waals surface area contributed by atoms with Crippen LogP contribution in [0.5, 0.6) is 0 Å². The second-order valence-corrected chi connectivity index (χ2v) is 6.87. The fourth-order valence-electron chi connectivity index (χ4n) is 3.72. The zero-order chi connectivity index (χ0) is 19.2. The van der Waals surface area contributed by atoms with Gasteiger partial charge in [-0.25, -0.2) is 0 Å². The Morgan fingerprint density at radius 3 is 2.59 bits per heavy atom. The van der Waals surface area contributed by atoms with E-state index in [-0.39, 0.29) is 0 Å². The number of nitrogens with one attached hydrogen (secondary N) is 3. The minimum Gasteiger partial charge on any atom is -0.353 e. The number of benzene rings is 1. The number of hydrogen-bond acceptors (Lipinski definition) is 4. The maximum absolute atomic E-state index is 4.58. The molecule has 6 aromatic rings. The molecular weight excluding hydrogens is 362 g/mol. The maximum Gasteiger partial charge on any atom is 0.116 e. The number of rotatable bonds is 3. The van der Waals surface area contributed by atoms with E-state index in [4.69, 9.17) is 0 Å². The smallest absolute Gasteiger partial charge is 0.116 e. The van der Waals surface area contributed by atoms with Gasteiger partial charge in [-0.3, -0.25) is 20.2 Å². The minimum atomic E-state index is 0.874. The van der Waals surface area contributed by atoms with E-state index < -0.39 is 0 Å². The van der Waals surface area contributed by atoms with Crippen molar-refractivity contribution in [3.8, 4) is 33.8 Å². The van der Waals surface area contributed by atoms with Gasteiger partial charge in [-0.1, -0.05) is 6.07 Å². The van der Waals surface area contributed by atoms with E-state index in [1.807, 2.05) is 49.1 Å². The monoisotopic (exact) mass is 377 g/mol. The fourth-order valence-corrected chi connectivity index (χ4v) is 3.72. The molecule has 0 spiro atoms. The molecular formula is C22H15N7. The lowest BCUT2D eigenvalue weighted by Gasteiger charge is -2.00. The van der Waals surface area contributed by atoms with Gasteiger partial charge in [0.2, 0.25) is 0 Å². The van der Waals surface area contributed by atoms with Gasteiger partial charge in [0.15, 0.2) is 0 Å². The van der Waals surface area contributed by atoms with Crippen LogP contribution in [0.4, 0.5) is 0 Å². The van der Waals surface area contributed by atoms with Crippen LogP contribution in [0.3, 0.4) is 0 Å². The van der Waals surface area contributed by atoms with Crippen molar-refractivity contribution >= 4 is 21.8 Å². The molecule has 0 fully saturated rings. The van der Waals surface area contributed by atoms with Crippen LogP contribution in [0, 0.1) is 0 Å². The third-order valence-corrected chi connectivity index (χ3v) is 5.13. The minimum absolute atomic E-state index is 0.874. The number of H-pyrrole nitrogens is 3. The van der Waals surface area contributed by atoms with E-state index >= 15 is 0 Å². The van der Waals surface area contributed by atoms with Crippen LogP contribution in [-0.4, -0.2) is 35.3 Å². The summed E-state index contributed by atoms with van der Waals surface area (Å²) in [6, 6.07) is 14.2. The summed E-state index contributed by atoms with van der Waals surface area (Å²) in [5, 5.41) is 16.7. The number of aromatic nitrogens is 7. The number of fused-ring (bicyclic) bond motifs is 2. The van der Waals surface area contributed by atoms with Gasteiger partial charge in [0.1, 0.15) is 5.69 Å². The van der Waals surface area contributed by atoms with Crippen molar-refractivity contribution in [1.82, 2.24) is 35.3 Å². The van der Waals surface area contributed by atoms with Gasteiger partial charge in [-0.15, -0.1) is 0 Å². The first-order chi connectivity index (χ1) is 14.4. The molecule has 138 valence electrons. The second-order valence-electron chi connectivity index (χ2n) is 6.87. The highest BCUT2D eigenvalue weighted by molar-refractivity contribution is 6.00. The van der Waals surface area contributed by atoms with Gasteiger partial charge in [-0.2, -0.15) is 10.2 Å². The molecule has 0 radical (unpaired) electrons. The quantitative estimate of drug-likeness (QED) is 0.421. The van der Waals surface area contributed by atoms with Gasteiger partial charge >= 0.3 is 0 Å². The molecule has 29 heavy (non-hydrogen) atoms. The first-order valence-corrected chi connectivity index (χ1v) is 9.22. The molecule has 5 aromatic heterocycles. The third kappa shape index (κ3) is 2.52. The Bertz CT molecular complexity index is 1440. The molecule has 0 aliphatic rings. The number of aromatic amines is 3. The summed E-state index contributed by atoms with van der Waals surface area (Å²) < 4.78 is 0. The van der Waals surface area contributed by atoms with E-state index in [1.54, 1.807) is 6.20 Å². The second kappa shape index (κ2) is 6.13. The summed E-state index contributed by atoms with van der Waals surface area (Å²) in [5.74, 6) is 0. The molecule has 0 aliphatic heterocycles. The van der Waals surface area contributed by atoms with Crippen molar-refractivity contribution in [2.75, 3.05) is 0 Å². The normalized spacial score (nSPS) is 11.4. The van der Waals surface area contributed by atoms with E-state index in [2.05, 4.69) is 53.5 Å². The zero-order valence-corrected chi connectivity index (χ0v) is 15.2. The molecule has 0 unspecified atom stereocenters. The molecule has 0 amide bonds. The van der Waals surface area contributed by atoms with E-state index in [0.29, 0.717) is 0 Å². The van der Waals surface area contributed by atoms with Crippen molar-refractivity contribution in [3.63, 3.8) is 0 Å². The largest absolute Gasteiger partial charge is 0.353 e. The molecule has 6 rings (SSSR count). The Labute approximate surface area is 164 Å². The summed E-state index contributed by atoms with van der Waals surface area (Å²) in [7, 11) is 0. The summed E-state index contributed by atoms with van der Waals surface area (Å²) in [6.07, 6.45) is 9.10. The summed E-state index contributed by atoms with van der Waals surface area (Å²) in [4.78, 5) is 12.3. The first-order valence-electron chi connectivity index (χ1n) is 9.22. The Balaban J connectivity index is 1.54. The molecule has 1 aromatic carbocycles. The van der Waals surface area contributed by atoms with Crippen molar-refractivity contribution in [2.24, 2.45) is 0 Å². The van der Waals surface area contributed by atoms with Crippen molar-refractivity contribution in [2.45, 2.75) is 0 Å². The lowest BCUT2D eigenvalue weighted by Crippen LogP contribution is -1.84. The van der Waals surface area contributed by atoms with Crippen molar-refractivity contribution in [1.29, 1.82) is 0 Å². The number of hydrogen-bond donors (Lipinski definition) is 3. The van der Waals surface area contributed by atoms with Crippen LogP contribution < -0.4 is 0 Å². The highest BCUT2D eigenvalue weighted by Crippen LogP contribution is 2.34. The van der Waals surface area contributed by atoms with Crippen LogP contribution in [0.1, 0.15) is 0 Å². The number of pyridine rings is 2. The molecule has 0 aliphatic carbocycles. The lowest BCUT2D eigenvalue weighted by molar-refractivity contribution is 1.09. The highest BCUT2D eigenvalue weighted by Gasteiger charge is 2.15. The SMILES string of the molecule is c1cncc(-c2nccc3[nH]c(-c4n[nH]c5ccc(-c6cn[nH]c6)cc45)cc23)c1. The topological polar surface area (TPSA) is 98.9 Å². The average molecular weight is 377 g/mol. The van der Waals surface area contributed by atoms with Crippen LogP contribution in [-0.2, 0) is 0 Å². The third-order valence-electron chi connectivity index (χ3n) is 5.13. The zero-order valence-electron chi connectivity index (χ0n) is 15.2. The van der Waals surface area contributed by atoms with Crippen LogP contribution in [0.25, 0.3) is 55.6 Å². The van der Waals surface area contributed by atoms with Gasteiger partial charge in [-0.05, 0) is 42.0 Å². The molecule has 7 nitrogen and oxygen atoms in total. The summed E-state index contributed by atoms with van der Waals surface area (Å²) in [5.41, 5.74) is 7.82. The van der Waals surface area contributed by atoms with E-state index in [1.165, 1.54) is 0 Å². The van der Waals surface area contributed by atoms with Crippen LogP contribution in [0.2, 0.25) is 0 Å². The lowest BCUT2D eigenvalue weighted by atomic mass is 10.0. The molecule has 3 N–H and O–H groups in total. The Hall–Kier alpha value is -4.26. The van der Waals surface area contributed by atoms with Gasteiger partial charge in [0.25, 0.3) is 0 Å². The predicted molar refractivity (Wildman–Crippen MR) is 112 cm³/mol. The van der Waals surface area contributed by atoms with Crippen LogP contribution in [0.15, 0.2) is 73.4 Å². The maximum atomic E-state index is 4.58. The molecule has 0 saturated carbocycles. The Morgan fingerprint density at radius 2 is 1.72 bits per heavy atom. The molecule has 0 atom stereocenters. The predicted octanol–water partition coefficient (Wildman–Crippen LogP) is 4.56. The standard InChI is InChI=1S/C22H15N7/c1-2-14(10-23-6-1)21-17-9-20(27-18(17)5-7-24-21)22-16-8-13(15-11-25-26-12-15)3-4-19(16)28-29-22/h1-12,27H,(H,25,26)(H,28,29). The fraction of sp³-hybridized carbons (Fsp3) is 0. The molecule has 0 bridgehead atoms. The Kier molecular flexibility index (Phi) is 3.33. The molecule has 0 saturated heterocycles. The first kappa shape index (κ1) is 15.8. The molecule has 5 heterocycles. The highest BCUT2D eigenvalue weighted by atomic mass is 15.1. The van der Waals surface area contributed by atoms with Crippen molar-refractivity contribution < 1.29 is 0 Å². The summed E-state index contributed by atoms with van der Waals surface area (Å²) >= 11 is 0.